The summed E-state index contributed by atoms with van der Waals surface area (Å²) in [6.45, 7) is 5.97. The van der Waals surface area contributed by atoms with Crippen molar-refractivity contribution in [3.05, 3.63) is 83.7 Å². The number of nitrogens with zero attached hydrogens (tertiary/aromatic N) is 4. The van der Waals surface area contributed by atoms with E-state index in [1.54, 1.807) is 6.20 Å². The average molecular weight is 374 g/mol. The van der Waals surface area contributed by atoms with Crippen LogP contribution in [-0.2, 0) is 13.0 Å². The maximum Gasteiger partial charge on any atom is 0.257 e. The van der Waals surface area contributed by atoms with Crippen molar-refractivity contribution in [2.45, 2.75) is 19.9 Å². The van der Waals surface area contributed by atoms with Crippen LogP contribution in [0.2, 0.25) is 0 Å². The van der Waals surface area contributed by atoms with E-state index in [9.17, 15) is 4.79 Å². The smallest absolute Gasteiger partial charge is 0.257 e. The molecule has 5 nitrogen and oxygen atoms in total. The van der Waals surface area contributed by atoms with Crippen LogP contribution in [0.5, 0.6) is 0 Å². The molecule has 3 aromatic rings. The van der Waals surface area contributed by atoms with Crippen molar-refractivity contribution in [2.75, 3.05) is 31.1 Å². The zero-order valence-corrected chi connectivity index (χ0v) is 16.3. The van der Waals surface area contributed by atoms with Gasteiger partial charge in [-0.25, -0.2) is 0 Å². The first-order chi connectivity index (χ1) is 13.8. The van der Waals surface area contributed by atoms with Gasteiger partial charge in [-0.3, -0.25) is 9.48 Å². The number of rotatable bonds is 5. The molecule has 0 radical (unpaired) electrons. The number of amides is 1. The first-order valence-corrected chi connectivity index (χ1v) is 9.94. The van der Waals surface area contributed by atoms with Gasteiger partial charge in [-0.1, -0.05) is 55.5 Å². The number of carbonyl (C=O) groups excluding carboxylic acids is 1. The van der Waals surface area contributed by atoms with Crippen molar-refractivity contribution in [2.24, 2.45) is 0 Å². The predicted octanol–water partition coefficient (Wildman–Crippen LogP) is 3.46. The molecule has 0 bridgehead atoms. The number of piperazine rings is 1. The third kappa shape index (κ3) is 3.79. The molecular formula is C23H26N4O. The van der Waals surface area contributed by atoms with E-state index >= 15 is 0 Å². The predicted molar refractivity (Wildman–Crippen MR) is 112 cm³/mol. The zero-order valence-electron chi connectivity index (χ0n) is 16.3. The van der Waals surface area contributed by atoms with Crippen LogP contribution in [0.15, 0.2) is 66.9 Å². The van der Waals surface area contributed by atoms with Gasteiger partial charge in [0.1, 0.15) is 0 Å². The summed E-state index contributed by atoms with van der Waals surface area (Å²) in [5.41, 5.74) is 4.17. The van der Waals surface area contributed by atoms with Gasteiger partial charge >= 0.3 is 0 Å². The van der Waals surface area contributed by atoms with Crippen molar-refractivity contribution in [3.8, 4) is 0 Å². The Bertz CT molecular complexity index is 912. The molecule has 2 aromatic carbocycles. The topological polar surface area (TPSA) is 41.4 Å². The van der Waals surface area contributed by atoms with Crippen LogP contribution in [0.3, 0.4) is 0 Å². The van der Waals surface area contributed by atoms with Gasteiger partial charge in [0.15, 0.2) is 0 Å². The third-order valence-electron chi connectivity index (χ3n) is 5.38. The van der Waals surface area contributed by atoms with E-state index in [4.69, 9.17) is 0 Å². The number of hydrogen-bond acceptors (Lipinski definition) is 3. The molecule has 1 aromatic heterocycles. The average Bonchev–Trinajstić information content (AvgIpc) is 3.17. The molecule has 0 atom stereocenters. The molecule has 1 amide bonds. The number of anilines is 1. The fourth-order valence-corrected chi connectivity index (χ4v) is 3.83. The first kappa shape index (κ1) is 18.3. The standard InChI is InChI=1S/C23H26N4O/c1-2-22-21(17-24-27(22)18-19-9-5-3-6-10-19)23(28)26-15-13-25(14-16-26)20-11-7-4-8-12-20/h3-12,17H,2,13-16,18H2,1H3. The molecule has 28 heavy (non-hydrogen) atoms. The van der Waals surface area contributed by atoms with Gasteiger partial charge in [-0.05, 0) is 24.1 Å². The van der Waals surface area contributed by atoms with Gasteiger partial charge in [0.25, 0.3) is 5.91 Å². The lowest BCUT2D eigenvalue weighted by molar-refractivity contribution is 0.0745. The second-order valence-corrected chi connectivity index (χ2v) is 7.12. The molecule has 1 saturated heterocycles. The monoisotopic (exact) mass is 374 g/mol. The van der Waals surface area contributed by atoms with E-state index in [-0.39, 0.29) is 5.91 Å². The van der Waals surface area contributed by atoms with Crippen LogP contribution in [0.25, 0.3) is 0 Å². The van der Waals surface area contributed by atoms with E-state index in [1.165, 1.54) is 11.3 Å². The van der Waals surface area contributed by atoms with Crippen LogP contribution < -0.4 is 4.90 Å². The maximum absolute atomic E-state index is 13.1. The highest BCUT2D eigenvalue weighted by molar-refractivity contribution is 5.95. The molecule has 0 spiro atoms. The minimum atomic E-state index is 0.101. The second-order valence-electron chi connectivity index (χ2n) is 7.12. The highest BCUT2D eigenvalue weighted by Gasteiger charge is 2.25. The molecule has 0 unspecified atom stereocenters. The van der Waals surface area contributed by atoms with Crippen molar-refractivity contribution < 1.29 is 4.79 Å². The van der Waals surface area contributed by atoms with Gasteiger partial charge in [-0.15, -0.1) is 0 Å². The number of benzene rings is 2. The fourth-order valence-electron chi connectivity index (χ4n) is 3.83. The number of carbonyl (C=O) groups is 1. The lowest BCUT2D eigenvalue weighted by atomic mass is 10.1. The molecule has 1 aliphatic heterocycles. The summed E-state index contributed by atoms with van der Waals surface area (Å²) in [5, 5.41) is 4.52. The molecule has 0 N–H and O–H groups in total. The van der Waals surface area contributed by atoms with E-state index in [0.717, 1.165) is 43.9 Å². The molecule has 5 heteroatoms. The number of aromatic nitrogens is 2. The summed E-state index contributed by atoms with van der Waals surface area (Å²) in [6, 6.07) is 20.6. The summed E-state index contributed by atoms with van der Waals surface area (Å²) in [6.07, 6.45) is 2.53. The minimum absolute atomic E-state index is 0.101. The highest BCUT2D eigenvalue weighted by Crippen LogP contribution is 2.19. The summed E-state index contributed by atoms with van der Waals surface area (Å²) in [7, 11) is 0. The third-order valence-corrected chi connectivity index (χ3v) is 5.38. The van der Waals surface area contributed by atoms with Crippen molar-refractivity contribution in [3.63, 3.8) is 0 Å². The Hall–Kier alpha value is -3.08. The number of hydrogen-bond donors (Lipinski definition) is 0. The second kappa shape index (κ2) is 8.30. The van der Waals surface area contributed by atoms with E-state index in [0.29, 0.717) is 6.54 Å². The van der Waals surface area contributed by atoms with Crippen molar-refractivity contribution >= 4 is 11.6 Å². The lowest BCUT2D eigenvalue weighted by Gasteiger charge is -2.36. The van der Waals surface area contributed by atoms with Crippen LogP contribution >= 0.6 is 0 Å². The van der Waals surface area contributed by atoms with Crippen LogP contribution in [0, 0.1) is 0 Å². The van der Waals surface area contributed by atoms with Gasteiger partial charge in [0.05, 0.1) is 24.0 Å². The van der Waals surface area contributed by atoms with Crippen molar-refractivity contribution in [1.29, 1.82) is 0 Å². The maximum atomic E-state index is 13.1. The van der Waals surface area contributed by atoms with Gasteiger partial charge in [0.2, 0.25) is 0 Å². The Morgan fingerprint density at radius 1 is 0.929 bits per heavy atom. The van der Waals surface area contributed by atoms with Crippen LogP contribution in [0.4, 0.5) is 5.69 Å². The van der Waals surface area contributed by atoms with E-state index in [1.807, 2.05) is 33.8 Å². The molecule has 2 heterocycles. The molecule has 4 rings (SSSR count). The zero-order chi connectivity index (χ0) is 19.3. The highest BCUT2D eigenvalue weighted by atomic mass is 16.2. The quantitative estimate of drug-likeness (QED) is 0.687. The summed E-state index contributed by atoms with van der Waals surface area (Å²) in [4.78, 5) is 17.4. The summed E-state index contributed by atoms with van der Waals surface area (Å²) < 4.78 is 1.96. The largest absolute Gasteiger partial charge is 0.368 e. The molecule has 144 valence electrons. The molecule has 0 aliphatic carbocycles. The van der Waals surface area contributed by atoms with Crippen molar-refractivity contribution in [1.82, 2.24) is 14.7 Å². The molecular weight excluding hydrogens is 348 g/mol. The lowest BCUT2D eigenvalue weighted by Crippen LogP contribution is -2.48. The van der Waals surface area contributed by atoms with E-state index in [2.05, 4.69) is 53.3 Å². The number of para-hydroxylation sites is 1. The molecule has 1 aliphatic rings. The van der Waals surface area contributed by atoms with Gasteiger partial charge < -0.3 is 9.80 Å². The Balaban J connectivity index is 1.45. The molecule has 1 fully saturated rings. The van der Waals surface area contributed by atoms with E-state index < -0.39 is 0 Å². The molecule has 0 saturated carbocycles. The Morgan fingerprint density at radius 2 is 1.57 bits per heavy atom. The Morgan fingerprint density at radius 3 is 2.21 bits per heavy atom. The van der Waals surface area contributed by atoms with Crippen LogP contribution in [0.1, 0.15) is 28.5 Å². The summed E-state index contributed by atoms with van der Waals surface area (Å²) in [5.74, 6) is 0.101. The van der Waals surface area contributed by atoms with Crippen LogP contribution in [-0.4, -0.2) is 46.8 Å². The summed E-state index contributed by atoms with van der Waals surface area (Å²) >= 11 is 0. The van der Waals surface area contributed by atoms with Gasteiger partial charge in [0, 0.05) is 31.9 Å². The minimum Gasteiger partial charge on any atom is -0.368 e. The first-order valence-electron chi connectivity index (χ1n) is 9.94. The van der Waals surface area contributed by atoms with Gasteiger partial charge in [-0.2, -0.15) is 5.10 Å². The fraction of sp³-hybridized carbons (Fsp3) is 0.304. The Labute approximate surface area is 166 Å². The SMILES string of the molecule is CCc1c(C(=O)N2CCN(c3ccccc3)CC2)cnn1Cc1ccccc1. The Kier molecular flexibility index (Phi) is 5.42. The normalized spacial score (nSPS) is 14.3.